The predicted octanol–water partition coefficient (Wildman–Crippen LogP) is 3.27. The maximum Gasteiger partial charge on any atom is 0.411 e. The van der Waals surface area contributed by atoms with Crippen LogP contribution < -0.4 is 5.32 Å². The fourth-order valence-electron chi connectivity index (χ4n) is 2.80. The average molecular weight is 281 g/mol. The molecular formula is C15H20FNO3. The van der Waals surface area contributed by atoms with E-state index in [1.165, 1.54) is 19.2 Å². The molecule has 4 nitrogen and oxygen atoms in total. The Morgan fingerprint density at radius 2 is 2.10 bits per heavy atom. The SMILES string of the molecule is COC(=O)Nc1ccc(F)cc1[C@H]1CC[C@H](CO)CC1. The van der Waals surface area contributed by atoms with Gasteiger partial charge in [0.2, 0.25) is 0 Å². The molecule has 1 aliphatic carbocycles. The number of halogens is 1. The molecule has 0 spiro atoms. The van der Waals surface area contributed by atoms with E-state index in [1.54, 1.807) is 6.07 Å². The Bertz CT molecular complexity index is 470. The summed E-state index contributed by atoms with van der Waals surface area (Å²) >= 11 is 0. The fraction of sp³-hybridized carbons (Fsp3) is 0.533. The summed E-state index contributed by atoms with van der Waals surface area (Å²) in [5, 5.41) is 11.8. The largest absolute Gasteiger partial charge is 0.453 e. The number of anilines is 1. The van der Waals surface area contributed by atoms with Gasteiger partial charge in [-0.3, -0.25) is 5.32 Å². The lowest BCUT2D eigenvalue weighted by Crippen LogP contribution is -2.18. The van der Waals surface area contributed by atoms with Crippen LogP contribution in [0.5, 0.6) is 0 Å². The molecule has 0 bridgehead atoms. The Kier molecular flexibility index (Phi) is 4.95. The van der Waals surface area contributed by atoms with Gasteiger partial charge in [-0.25, -0.2) is 9.18 Å². The van der Waals surface area contributed by atoms with E-state index < -0.39 is 6.09 Å². The second kappa shape index (κ2) is 6.70. The van der Waals surface area contributed by atoms with E-state index in [2.05, 4.69) is 10.1 Å². The summed E-state index contributed by atoms with van der Waals surface area (Å²) in [6.45, 7) is 0.211. The van der Waals surface area contributed by atoms with Gasteiger partial charge in [-0.05, 0) is 61.3 Å². The van der Waals surface area contributed by atoms with E-state index in [0.717, 1.165) is 31.2 Å². The molecule has 2 N–H and O–H groups in total. The number of hydrogen-bond acceptors (Lipinski definition) is 3. The summed E-state index contributed by atoms with van der Waals surface area (Å²) in [7, 11) is 1.30. The van der Waals surface area contributed by atoms with Crippen molar-refractivity contribution in [1.82, 2.24) is 0 Å². The standard InChI is InChI=1S/C15H20FNO3/c1-20-15(19)17-14-7-6-12(16)8-13(14)11-4-2-10(9-18)3-5-11/h6-8,10-11,18H,2-5,9H2,1H3,(H,17,19)/t10-,11-. The molecule has 1 fully saturated rings. The van der Waals surface area contributed by atoms with Gasteiger partial charge in [0.25, 0.3) is 0 Å². The molecular weight excluding hydrogens is 261 g/mol. The van der Waals surface area contributed by atoms with Crippen molar-refractivity contribution in [3.05, 3.63) is 29.6 Å². The fourth-order valence-corrected chi connectivity index (χ4v) is 2.80. The molecule has 1 aromatic rings. The number of benzene rings is 1. The molecule has 1 saturated carbocycles. The number of rotatable bonds is 3. The minimum atomic E-state index is -0.554. The van der Waals surface area contributed by atoms with Crippen molar-refractivity contribution >= 4 is 11.8 Å². The van der Waals surface area contributed by atoms with E-state index in [4.69, 9.17) is 5.11 Å². The Balaban J connectivity index is 2.17. The van der Waals surface area contributed by atoms with Crippen molar-refractivity contribution in [3.8, 4) is 0 Å². The molecule has 0 aliphatic heterocycles. The van der Waals surface area contributed by atoms with Crippen LogP contribution in [-0.4, -0.2) is 24.9 Å². The number of aliphatic hydroxyl groups is 1. The van der Waals surface area contributed by atoms with Gasteiger partial charge in [-0.15, -0.1) is 0 Å². The Hall–Kier alpha value is -1.62. The van der Waals surface area contributed by atoms with E-state index in [-0.39, 0.29) is 18.3 Å². The third kappa shape index (κ3) is 3.48. The summed E-state index contributed by atoms with van der Waals surface area (Å²) in [5.74, 6) is 0.247. The number of nitrogens with one attached hydrogen (secondary N) is 1. The Labute approximate surface area is 117 Å². The molecule has 0 aromatic heterocycles. The molecule has 2 rings (SSSR count). The molecule has 1 amide bonds. The minimum absolute atomic E-state index is 0.209. The normalized spacial score (nSPS) is 22.4. The molecule has 0 radical (unpaired) electrons. The Morgan fingerprint density at radius 3 is 2.70 bits per heavy atom. The number of hydrogen-bond donors (Lipinski definition) is 2. The summed E-state index contributed by atoms with van der Waals surface area (Å²) in [6, 6.07) is 4.38. The molecule has 0 unspecified atom stereocenters. The van der Waals surface area contributed by atoms with Crippen LogP contribution in [0.4, 0.5) is 14.9 Å². The number of carbonyl (C=O) groups is 1. The number of aliphatic hydroxyl groups excluding tert-OH is 1. The van der Waals surface area contributed by atoms with Crippen LogP contribution in [0, 0.1) is 11.7 Å². The number of carbonyl (C=O) groups excluding carboxylic acids is 1. The van der Waals surface area contributed by atoms with Gasteiger partial charge in [-0.1, -0.05) is 0 Å². The number of amides is 1. The third-order valence-electron chi connectivity index (χ3n) is 3.98. The Morgan fingerprint density at radius 1 is 1.40 bits per heavy atom. The average Bonchev–Trinajstić information content (AvgIpc) is 2.49. The molecule has 5 heteroatoms. The highest BCUT2D eigenvalue weighted by Gasteiger charge is 2.24. The van der Waals surface area contributed by atoms with Crippen LogP contribution in [0.2, 0.25) is 0 Å². The van der Waals surface area contributed by atoms with Gasteiger partial charge in [-0.2, -0.15) is 0 Å². The molecule has 0 heterocycles. The van der Waals surface area contributed by atoms with Crippen LogP contribution >= 0.6 is 0 Å². The van der Waals surface area contributed by atoms with Gasteiger partial charge >= 0.3 is 6.09 Å². The zero-order valence-electron chi connectivity index (χ0n) is 11.6. The first kappa shape index (κ1) is 14.8. The van der Waals surface area contributed by atoms with E-state index in [9.17, 15) is 9.18 Å². The summed E-state index contributed by atoms with van der Waals surface area (Å²) in [5.41, 5.74) is 1.41. The highest BCUT2D eigenvalue weighted by Crippen LogP contribution is 2.38. The maximum atomic E-state index is 13.5. The number of methoxy groups -OCH3 is 1. The molecule has 1 aromatic carbocycles. The van der Waals surface area contributed by atoms with Gasteiger partial charge in [0, 0.05) is 12.3 Å². The molecule has 0 saturated heterocycles. The van der Waals surface area contributed by atoms with E-state index in [0.29, 0.717) is 11.6 Å². The first-order valence-corrected chi connectivity index (χ1v) is 6.89. The molecule has 20 heavy (non-hydrogen) atoms. The quantitative estimate of drug-likeness (QED) is 0.894. The predicted molar refractivity (Wildman–Crippen MR) is 74.2 cm³/mol. The van der Waals surface area contributed by atoms with Gasteiger partial charge < -0.3 is 9.84 Å². The number of ether oxygens (including phenoxy) is 1. The van der Waals surface area contributed by atoms with Crippen molar-refractivity contribution in [3.63, 3.8) is 0 Å². The van der Waals surface area contributed by atoms with Gasteiger partial charge in [0.1, 0.15) is 5.82 Å². The third-order valence-corrected chi connectivity index (χ3v) is 3.98. The lowest BCUT2D eigenvalue weighted by atomic mass is 9.78. The second-order valence-electron chi connectivity index (χ2n) is 5.25. The maximum absolute atomic E-state index is 13.5. The van der Waals surface area contributed by atoms with E-state index >= 15 is 0 Å². The van der Waals surface area contributed by atoms with Crippen molar-refractivity contribution < 1.29 is 19.0 Å². The van der Waals surface area contributed by atoms with E-state index in [1.807, 2.05) is 0 Å². The van der Waals surface area contributed by atoms with Gasteiger partial charge in [0.15, 0.2) is 0 Å². The van der Waals surface area contributed by atoms with Gasteiger partial charge in [0.05, 0.1) is 7.11 Å². The molecule has 1 aliphatic rings. The zero-order chi connectivity index (χ0) is 14.5. The lowest BCUT2D eigenvalue weighted by molar-refractivity contribution is 0.182. The van der Waals surface area contributed by atoms with Crippen LogP contribution in [-0.2, 0) is 4.74 Å². The van der Waals surface area contributed by atoms with Crippen molar-refractivity contribution in [1.29, 1.82) is 0 Å². The van der Waals surface area contributed by atoms with Crippen molar-refractivity contribution in [2.45, 2.75) is 31.6 Å². The van der Waals surface area contributed by atoms with Crippen molar-refractivity contribution in [2.24, 2.45) is 5.92 Å². The summed E-state index contributed by atoms with van der Waals surface area (Å²) in [4.78, 5) is 11.3. The smallest absolute Gasteiger partial charge is 0.411 e. The zero-order valence-corrected chi connectivity index (χ0v) is 11.6. The van der Waals surface area contributed by atoms with Crippen LogP contribution in [0.15, 0.2) is 18.2 Å². The highest BCUT2D eigenvalue weighted by molar-refractivity contribution is 5.85. The summed E-state index contributed by atoms with van der Waals surface area (Å²) < 4.78 is 18.1. The van der Waals surface area contributed by atoms with Crippen LogP contribution in [0.25, 0.3) is 0 Å². The monoisotopic (exact) mass is 281 g/mol. The van der Waals surface area contributed by atoms with Crippen LogP contribution in [0.1, 0.15) is 37.2 Å². The first-order chi connectivity index (χ1) is 9.63. The lowest BCUT2D eigenvalue weighted by Gasteiger charge is -2.28. The minimum Gasteiger partial charge on any atom is -0.453 e. The highest BCUT2D eigenvalue weighted by atomic mass is 19.1. The molecule has 110 valence electrons. The van der Waals surface area contributed by atoms with Crippen LogP contribution in [0.3, 0.4) is 0 Å². The first-order valence-electron chi connectivity index (χ1n) is 6.89. The second-order valence-corrected chi connectivity index (χ2v) is 5.25. The summed E-state index contributed by atoms with van der Waals surface area (Å²) in [6.07, 6.45) is 3.08. The topological polar surface area (TPSA) is 58.6 Å². The van der Waals surface area contributed by atoms with Crippen molar-refractivity contribution in [2.75, 3.05) is 19.0 Å². The molecule has 0 atom stereocenters.